The molecule has 0 spiro atoms. The van der Waals surface area contributed by atoms with E-state index < -0.39 is 5.41 Å². The van der Waals surface area contributed by atoms with Gasteiger partial charge in [-0.3, -0.25) is 4.79 Å². The first-order valence-corrected chi connectivity index (χ1v) is 6.98. The molecule has 5 heteroatoms. The summed E-state index contributed by atoms with van der Waals surface area (Å²) in [5, 5.41) is 12.5. The summed E-state index contributed by atoms with van der Waals surface area (Å²) in [6.45, 7) is 0.506. The van der Waals surface area contributed by atoms with E-state index in [1.54, 1.807) is 25.2 Å². The van der Waals surface area contributed by atoms with Crippen LogP contribution in [-0.2, 0) is 5.41 Å². The average molecular weight is 301 g/mol. The molecule has 2 aromatic rings. The Hall–Kier alpha value is -2.40. The van der Waals surface area contributed by atoms with Crippen LogP contribution in [0.1, 0.15) is 15.9 Å². The maximum atomic E-state index is 13.2. The number of ether oxygens (including phenoxy) is 1. The molecule has 0 bridgehead atoms. The van der Waals surface area contributed by atoms with E-state index in [1.165, 1.54) is 24.3 Å². The summed E-state index contributed by atoms with van der Waals surface area (Å²) in [6.07, 6.45) is 0. The lowest BCUT2D eigenvalue weighted by molar-refractivity contribution is 0.0767. The Morgan fingerprint density at radius 2 is 2.00 bits per heavy atom. The summed E-state index contributed by atoms with van der Waals surface area (Å²) in [6, 6.07) is 10.3. The van der Waals surface area contributed by atoms with Crippen molar-refractivity contribution in [3.05, 3.63) is 59.4 Å². The summed E-state index contributed by atoms with van der Waals surface area (Å²) in [5.41, 5.74) is 0.211. The summed E-state index contributed by atoms with van der Waals surface area (Å²) < 4.78 is 18.9. The van der Waals surface area contributed by atoms with Gasteiger partial charge in [0.2, 0.25) is 0 Å². The number of hydrogen-bond donors (Lipinski definition) is 2. The largest absolute Gasteiger partial charge is 0.508 e. The van der Waals surface area contributed by atoms with Gasteiger partial charge in [0.05, 0.1) is 5.56 Å². The van der Waals surface area contributed by atoms with Gasteiger partial charge in [0.25, 0.3) is 0 Å². The third kappa shape index (κ3) is 2.23. The topological polar surface area (TPSA) is 58.6 Å². The summed E-state index contributed by atoms with van der Waals surface area (Å²) >= 11 is 0. The number of benzene rings is 2. The van der Waals surface area contributed by atoms with Crippen LogP contribution < -0.4 is 10.1 Å². The zero-order chi connectivity index (χ0) is 15.7. The van der Waals surface area contributed by atoms with Crippen LogP contribution in [0.4, 0.5) is 4.39 Å². The molecule has 4 nitrogen and oxygen atoms in total. The van der Waals surface area contributed by atoms with E-state index in [0.717, 1.165) is 0 Å². The van der Waals surface area contributed by atoms with Crippen molar-refractivity contribution in [2.24, 2.45) is 0 Å². The lowest BCUT2D eigenvalue weighted by atomic mass is 9.73. The first-order valence-electron chi connectivity index (χ1n) is 6.98. The van der Waals surface area contributed by atoms with E-state index in [-0.39, 0.29) is 24.0 Å². The number of likely N-dealkylation sites (N-methyl/N-ethyl adjacent to an activating group) is 1. The van der Waals surface area contributed by atoms with Crippen molar-refractivity contribution in [3.8, 4) is 11.5 Å². The number of carbonyl (C=O) groups is 1. The summed E-state index contributed by atoms with van der Waals surface area (Å²) in [4.78, 5) is 13.0. The fourth-order valence-corrected chi connectivity index (χ4v) is 2.86. The predicted molar refractivity (Wildman–Crippen MR) is 79.9 cm³/mol. The number of ketones is 1. The maximum absolute atomic E-state index is 13.2. The Morgan fingerprint density at radius 1 is 1.27 bits per heavy atom. The molecule has 2 aromatic carbocycles. The van der Waals surface area contributed by atoms with Crippen molar-refractivity contribution < 1.29 is 19.0 Å². The van der Waals surface area contributed by atoms with Gasteiger partial charge in [0.15, 0.2) is 5.78 Å². The molecule has 0 amide bonds. The molecule has 114 valence electrons. The van der Waals surface area contributed by atoms with E-state index in [1.807, 2.05) is 0 Å². The van der Waals surface area contributed by atoms with E-state index in [4.69, 9.17) is 4.74 Å². The third-order valence-corrected chi connectivity index (χ3v) is 3.99. The van der Waals surface area contributed by atoms with E-state index in [0.29, 0.717) is 23.4 Å². The van der Waals surface area contributed by atoms with Crippen LogP contribution in [0.25, 0.3) is 0 Å². The fraction of sp³-hybridized carbons (Fsp3) is 0.235. The van der Waals surface area contributed by atoms with Crippen LogP contribution in [0, 0.1) is 5.82 Å². The van der Waals surface area contributed by atoms with Crippen molar-refractivity contribution in [2.45, 2.75) is 5.41 Å². The van der Waals surface area contributed by atoms with Gasteiger partial charge in [-0.25, -0.2) is 4.39 Å². The Morgan fingerprint density at radius 3 is 2.68 bits per heavy atom. The van der Waals surface area contributed by atoms with Gasteiger partial charge in [-0.2, -0.15) is 0 Å². The third-order valence-electron chi connectivity index (χ3n) is 3.99. The second-order valence-electron chi connectivity index (χ2n) is 5.42. The van der Waals surface area contributed by atoms with Crippen molar-refractivity contribution in [2.75, 3.05) is 20.2 Å². The normalized spacial score (nSPS) is 20.4. The van der Waals surface area contributed by atoms with Crippen molar-refractivity contribution in [1.29, 1.82) is 0 Å². The zero-order valence-electron chi connectivity index (χ0n) is 12.1. The van der Waals surface area contributed by atoms with Gasteiger partial charge in [-0.15, -0.1) is 0 Å². The lowest BCUT2D eigenvalue weighted by Crippen LogP contribution is -2.51. The quantitative estimate of drug-likeness (QED) is 0.913. The Kier molecular flexibility index (Phi) is 3.58. The number of fused-ring (bicyclic) bond motifs is 1. The van der Waals surface area contributed by atoms with Gasteiger partial charge in [-0.1, -0.05) is 12.1 Å². The molecule has 1 aliphatic heterocycles. The number of nitrogens with one attached hydrogen (secondary N) is 1. The van der Waals surface area contributed by atoms with Gasteiger partial charge < -0.3 is 15.2 Å². The van der Waals surface area contributed by atoms with Crippen molar-refractivity contribution in [1.82, 2.24) is 5.32 Å². The molecule has 0 aliphatic carbocycles. The molecule has 22 heavy (non-hydrogen) atoms. The van der Waals surface area contributed by atoms with Crippen LogP contribution in [0.3, 0.4) is 0 Å². The summed E-state index contributed by atoms with van der Waals surface area (Å²) in [5.74, 6) is -0.0270. The SMILES string of the molecule is CNCC1(c2ccc(F)cc2)COc2cc(O)ccc2C1=O. The van der Waals surface area contributed by atoms with Gasteiger partial charge >= 0.3 is 0 Å². The number of hydrogen-bond acceptors (Lipinski definition) is 4. The second kappa shape index (κ2) is 5.42. The van der Waals surface area contributed by atoms with Crippen LogP contribution in [0.15, 0.2) is 42.5 Å². The minimum Gasteiger partial charge on any atom is -0.508 e. The highest BCUT2D eigenvalue weighted by Gasteiger charge is 2.45. The smallest absolute Gasteiger partial charge is 0.181 e. The zero-order valence-corrected chi connectivity index (χ0v) is 12.1. The highest BCUT2D eigenvalue weighted by Crippen LogP contribution is 2.38. The highest BCUT2D eigenvalue weighted by molar-refractivity contribution is 6.07. The van der Waals surface area contributed by atoms with Crippen molar-refractivity contribution in [3.63, 3.8) is 0 Å². The molecule has 1 atom stereocenters. The van der Waals surface area contributed by atoms with E-state index >= 15 is 0 Å². The van der Waals surface area contributed by atoms with Crippen LogP contribution in [0.2, 0.25) is 0 Å². The lowest BCUT2D eigenvalue weighted by Gasteiger charge is -2.36. The number of phenols is 1. The number of halogens is 1. The molecule has 3 rings (SSSR count). The number of carbonyl (C=O) groups excluding carboxylic acids is 1. The molecule has 1 heterocycles. The number of Topliss-reactive ketones (excluding diaryl/α,β-unsaturated/α-hetero) is 1. The molecule has 1 unspecified atom stereocenters. The Labute approximate surface area is 127 Å². The predicted octanol–water partition coefficient (Wildman–Crippen LogP) is 2.26. The van der Waals surface area contributed by atoms with Crippen LogP contribution in [-0.4, -0.2) is 31.1 Å². The van der Waals surface area contributed by atoms with E-state index in [2.05, 4.69) is 5.32 Å². The highest BCUT2D eigenvalue weighted by atomic mass is 19.1. The number of phenolic OH excluding ortho intramolecular Hbond substituents is 1. The Balaban J connectivity index is 2.10. The first kappa shape index (κ1) is 14.5. The molecule has 2 N–H and O–H groups in total. The standard InChI is InChI=1S/C17H16FNO3/c1-19-9-17(11-2-4-12(18)5-3-11)10-22-15-8-13(20)6-7-14(15)16(17)21/h2-8,19-20H,9-10H2,1H3. The minimum atomic E-state index is -0.910. The number of aromatic hydroxyl groups is 1. The molecule has 0 radical (unpaired) electrons. The maximum Gasteiger partial charge on any atom is 0.181 e. The molecular weight excluding hydrogens is 285 g/mol. The first-order chi connectivity index (χ1) is 10.6. The van der Waals surface area contributed by atoms with E-state index in [9.17, 15) is 14.3 Å². The van der Waals surface area contributed by atoms with Crippen molar-refractivity contribution >= 4 is 5.78 Å². The van der Waals surface area contributed by atoms with Gasteiger partial charge in [-0.05, 0) is 36.9 Å². The van der Waals surface area contributed by atoms with Gasteiger partial charge in [0, 0.05) is 12.6 Å². The van der Waals surface area contributed by atoms with Crippen LogP contribution >= 0.6 is 0 Å². The second-order valence-corrected chi connectivity index (χ2v) is 5.42. The summed E-state index contributed by atoms with van der Waals surface area (Å²) in [7, 11) is 1.75. The number of rotatable bonds is 3. The average Bonchev–Trinajstić information content (AvgIpc) is 2.51. The monoisotopic (exact) mass is 301 g/mol. The molecule has 0 fully saturated rings. The molecule has 0 saturated heterocycles. The fourth-order valence-electron chi connectivity index (χ4n) is 2.86. The molecule has 0 aromatic heterocycles. The minimum absolute atomic E-state index is 0.0504. The molecule has 0 saturated carbocycles. The van der Waals surface area contributed by atoms with Gasteiger partial charge in [0.1, 0.15) is 29.3 Å². The Bertz CT molecular complexity index is 714. The van der Waals surface area contributed by atoms with Crippen LogP contribution in [0.5, 0.6) is 11.5 Å². The molecule has 1 aliphatic rings. The molecular formula is C17H16FNO3.